The highest BCUT2D eigenvalue weighted by Crippen LogP contribution is 2.55. The van der Waals surface area contributed by atoms with Gasteiger partial charge in [0.15, 0.2) is 5.58 Å². The highest BCUT2D eigenvalue weighted by atomic mass is 16.3. The second-order valence-electron chi connectivity index (χ2n) is 14.9. The van der Waals surface area contributed by atoms with Gasteiger partial charge >= 0.3 is 0 Å². The average Bonchev–Trinajstić information content (AvgIpc) is 3.88. The molecule has 0 radical (unpaired) electrons. The Balaban J connectivity index is 1.47. The number of nitrogens with zero attached hydrogens (tertiary/aromatic N) is 3. The highest BCUT2D eigenvalue weighted by Gasteiger charge is 2.33. The number of rotatable bonds is 6. The van der Waals surface area contributed by atoms with E-state index in [4.69, 9.17) is 4.42 Å². The van der Waals surface area contributed by atoms with E-state index in [0.717, 1.165) is 77.3 Å². The SMILES string of the molecule is N#Cc1c(-n2c3ccccc3c3ccccc32)c(-c2ccccc2)c(C#N)c2c1oc1c(-c3ccccc3)c(-c3ccccc3)c(-c3ccccc3)c(-c3ccccc3)c12. The Hall–Kier alpha value is -8.44. The van der Waals surface area contributed by atoms with Crippen molar-refractivity contribution in [2.45, 2.75) is 0 Å². The molecular weight excluding hydrogens is 731 g/mol. The number of para-hydroxylation sites is 2. The van der Waals surface area contributed by atoms with Gasteiger partial charge in [0.25, 0.3) is 0 Å². The first-order valence-corrected chi connectivity index (χ1v) is 20.0. The van der Waals surface area contributed by atoms with E-state index < -0.39 is 0 Å². The number of nitriles is 2. The first kappa shape index (κ1) is 34.8. The topological polar surface area (TPSA) is 65.7 Å². The van der Waals surface area contributed by atoms with Crippen LogP contribution in [0.4, 0.5) is 0 Å². The van der Waals surface area contributed by atoms with Gasteiger partial charge in [-0.05, 0) is 45.5 Å². The van der Waals surface area contributed by atoms with Crippen molar-refractivity contribution in [3.8, 4) is 73.5 Å². The minimum absolute atomic E-state index is 0.353. The molecule has 60 heavy (non-hydrogen) atoms. The third kappa shape index (κ3) is 5.22. The van der Waals surface area contributed by atoms with Crippen LogP contribution in [0.2, 0.25) is 0 Å². The summed E-state index contributed by atoms with van der Waals surface area (Å²) < 4.78 is 9.54. The summed E-state index contributed by atoms with van der Waals surface area (Å²) in [7, 11) is 0. The van der Waals surface area contributed by atoms with E-state index in [1.54, 1.807) is 0 Å². The molecule has 0 N–H and O–H groups in total. The van der Waals surface area contributed by atoms with E-state index in [1.165, 1.54) is 0 Å². The Morgan fingerprint density at radius 3 is 1.15 bits per heavy atom. The first-order valence-electron chi connectivity index (χ1n) is 20.0. The van der Waals surface area contributed by atoms with Gasteiger partial charge in [-0.25, -0.2) is 0 Å². The van der Waals surface area contributed by atoms with Gasteiger partial charge in [-0.3, -0.25) is 0 Å². The van der Waals surface area contributed by atoms with Crippen LogP contribution in [0, 0.1) is 22.7 Å². The van der Waals surface area contributed by atoms with Crippen LogP contribution in [0.1, 0.15) is 11.1 Å². The predicted molar refractivity (Wildman–Crippen MR) is 245 cm³/mol. The van der Waals surface area contributed by atoms with Crippen molar-refractivity contribution in [3.63, 3.8) is 0 Å². The van der Waals surface area contributed by atoms with E-state index in [-0.39, 0.29) is 0 Å². The third-order valence-corrected chi connectivity index (χ3v) is 11.7. The minimum Gasteiger partial charge on any atom is -0.454 e. The molecule has 0 saturated heterocycles. The van der Waals surface area contributed by atoms with Crippen LogP contribution in [-0.2, 0) is 0 Å². The largest absolute Gasteiger partial charge is 0.454 e. The maximum Gasteiger partial charge on any atom is 0.156 e. The zero-order valence-electron chi connectivity index (χ0n) is 32.3. The minimum atomic E-state index is 0.353. The smallest absolute Gasteiger partial charge is 0.156 e. The van der Waals surface area contributed by atoms with Gasteiger partial charge in [0, 0.05) is 43.8 Å². The van der Waals surface area contributed by atoms with Gasteiger partial charge in [-0.1, -0.05) is 188 Å². The summed E-state index contributed by atoms with van der Waals surface area (Å²) in [6, 6.07) is 73.5. The van der Waals surface area contributed by atoms with Crippen LogP contribution in [0.3, 0.4) is 0 Å². The van der Waals surface area contributed by atoms with Crippen LogP contribution in [-0.4, -0.2) is 4.57 Å². The lowest BCUT2D eigenvalue weighted by molar-refractivity contribution is 0.668. The molecule has 0 aliphatic rings. The Morgan fingerprint density at radius 1 is 0.333 bits per heavy atom. The van der Waals surface area contributed by atoms with E-state index in [9.17, 15) is 10.5 Å². The second-order valence-corrected chi connectivity index (χ2v) is 14.9. The van der Waals surface area contributed by atoms with E-state index in [1.807, 2.05) is 103 Å². The molecular formula is C56H33N3O. The summed E-state index contributed by atoms with van der Waals surface area (Å²) in [6.45, 7) is 0. The van der Waals surface area contributed by atoms with Crippen molar-refractivity contribution in [2.75, 3.05) is 0 Å². The fraction of sp³-hybridized carbons (Fsp3) is 0. The molecule has 0 fully saturated rings. The molecule has 0 atom stereocenters. The third-order valence-electron chi connectivity index (χ3n) is 11.7. The summed E-state index contributed by atoms with van der Waals surface area (Å²) in [6.07, 6.45) is 0. The molecule has 11 aromatic rings. The van der Waals surface area contributed by atoms with Gasteiger partial charge in [0.05, 0.1) is 22.3 Å². The van der Waals surface area contributed by atoms with Gasteiger partial charge in [-0.15, -0.1) is 0 Å². The highest BCUT2D eigenvalue weighted by molar-refractivity contribution is 6.27. The molecule has 11 rings (SSSR count). The molecule has 0 bridgehead atoms. The molecule has 278 valence electrons. The monoisotopic (exact) mass is 763 g/mol. The number of aromatic nitrogens is 1. The summed E-state index contributed by atoms with van der Waals surface area (Å²) in [5.74, 6) is 0. The Morgan fingerprint density at radius 2 is 0.700 bits per heavy atom. The van der Waals surface area contributed by atoms with Gasteiger partial charge < -0.3 is 8.98 Å². The van der Waals surface area contributed by atoms with E-state index in [2.05, 4.69) is 114 Å². The van der Waals surface area contributed by atoms with Gasteiger partial charge in [-0.2, -0.15) is 10.5 Å². The molecule has 2 aromatic heterocycles. The van der Waals surface area contributed by atoms with E-state index >= 15 is 0 Å². The standard InChI is InChI=1S/C56H33N3O/c57-34-43-47(36-20-6-1-7-21-36)54(59-45-32-18-16-30-41(45)42-31-17-19-33-46(42)59)44(35-58)55-52(43)53-50(39-26-12-4-13-27-39)48(37-22-8-2-9-23-37)49(38-24-10-3-11-25-38)51(56(53)60-55)40-28-14-5-15-29-40/h1-33H. The van der Waals surface area contributed by atoms with Crippen molar-refractivity contribution >= 4 is 43.7 Å². The summed E-state index contributed by atoms with van der Waals surface area (Å²) >= 11 is 0. The second kappa shape index (κ2) is 14.2. The van der Waals surface area contributed by atoms with Crippen molar-refractivity contribution in [1.29, 1.82) is 10.5 Å². The number of benzene rings is 9. The van der Waals surface area contributed by atoms with Crippen molar-refractivity contribution < 1.29 is 4.42 Å². The molecule has 0 spiro atoms. The molecule has 0 aliphatic carbocycles. The molecule has 4 nitrogen and oxygen atoms in total. The lowest BCUT2D eigenvalue weighted by Gasteiger charge is -2.22. The molecule has 2 heterocycles. The van der Waals surface area contributed by atoms with Gasteiger partial charge in [0.2, 0.25) is 0 Å². The number of furan rings is 1. The number of hydrogen-bond acceptors (Lipinski definition) is 3. The van der Waals surface area contributed by atoms with Crippen molar-refractivity contribution in [2.24, 2.45) is 0 Å². The lowest BCUT2D eigenvalue weighted by atomic mass is 9.79. The molecule has 4 heteroatoms. The molecule has 9 aromatic carbocycles. The number of fused-ring (bicyclic) bond motifs is 6. The lowest BCUT2D eigenvalue weighted by Crippen LogP contribution is -2.04. The molecule has 0 unspecified atom stereocenters. The van der Waals surface area contributed by atoms with Crippen LogP contribution in [0.25, 0.3) is 105 Å². The molecule has 0 amide bonds. The van der Waals surface area contributed by atoms with Crippen molar-refractivity contribution in [3.05, 3.63) is 211 Å². The first-order chi connectivity index (χ1) is 29.8. The van der Waals surface area contributed by atoms with Crippen LogP contribution >= 0.6 is 0 Å². The molecule has 0 saturated carbocycles. The van der Waals surface area contributed by atoms with E-state index in [0.29, 0.717) is 38.9 Å². The van der Waals surface area contributed by atoms with Crippen LogP contribution in [0.15, 0.2) is 205 Å². The quantitative estimate of drug-likeness (QED) is 0.169. The fourth-order valence-electron chi connectivity index (χ4n) is 9.27. The Kier molecular flexibility index (Phi) is 8.22. The summed E-state index contributed by atoms with van der Waals surface area (Å²) in [5, 5.41) is 26.9. The van der Waals surface area contributed by atoms with Crippen molar-refractivity contribution in [1.82, 2.24) is 4.57 Å². The number of hydrogen-bond donors (Lipinski definition) is 0. The summed E-state index contributed by atoms with van der Waals surface area (Å²) in [4.78, 5) is 0. The zero-order valence-corrected chi connectivity index (χ0v) is 32.3. The Labute approximate surface area is 346 Å². The van der Waals surface area contributed by atoms with Crippen LogP contribution < -0.4 is 0 Å². The zero-order chi connectivity index (χ0) is 40.2. The predicted octanol–water partition coefficient (Wildman–Crippen LogP) is 14.8. The van der Waals surface area contributed by atoms with Crippen LogP contribution in [0.5, 0.6) is 0 Å². The summed E-state index contributed by atoms with van der Waals surface area (Å²) in [5.41, 5.74) is 13.5. The maximum atomic E-state index is 11.8. The normalized spacial score (nSPS) is 11.3. The fourth-order valence-corrected chi connectivity index (χ4v) is 9.27. The van der Waals surface area contributed by atoms with Gasteiger partial charge in [0.1, 0.15) is 23.3 Å². The molecule has 0 aliphatic heterocycles. The maximum absolute atomic E-state index is 11.8. The average molecular weight is 764 g/mol. The Bertz CT molecular complexity index is 3470.